The zero-order valence-electron chi connectivity index (χ0n) is 64.8. The second-order valence-corrected chi connectivity index (χ2v) is 36.5. The Balaban J connectivity index is 0.000000242. The average Bonchev–Trinajstić information content (AvgIpc) is 1.61. The molecule has 0 saturated carbocycles. The zero-order valence-corrected chi connectivity index (χ0v) is 69.7. The zero-order chi connectivity index (χ0) is 87.4. The highest BCUT2D eigenvalue weighted by Gasteiger charge is 2.62. The van der Waals surface area contributed by atoms with Crippen molar-refractivity contribution in [2.75, 3.05) is 38.5 Å². The highest BCUT2D eigenvalue weighted by atomic mass is 35.5. The highest BCUT2D eigenvalue weighted by molar-refractivity contribution is 7.55. The SMILES string of the molecule is CC(C)OC(=O)[C@H](C)CP(=O)(Oc1ccccc1)O[C@@H](C)[C@H]1O[C@@H](n2cc(F)c(=O)[nH]c2=O)C(Cl)(CF)[C@H]1O.CC(C)OC(=O)[C@H](C)C[P@@](=O)(Oc1ccccc1)O[C@@H](C)[C@H]1O[C@@H](n2cc(F)c(=O)[nH]c2=O)C(Cl)(CF)[C@H]1O.CC(C)OC(=O)[C@H](C)C[P@](=O)(Oc1ccccc1)O[C@@H](C)[C@H]1O[C@@H](n2cc(F)c(=O)[nH]c2=O)C(Cl)(CF)[C@H]1O. The molecule has 9 rings (SSSR count). The monoisotopic (exact) mass is 1780 g/mol. The van der Waals surface area contributed by atoms with Gasteiger partial charge in [-0.15, -0.1) is 34.8 Å². The topological polar surface area (TPSA) is 438 Å². The molecular weight excluding hydrogens is 1690 g/mol. The predicted molar refractivity (Wildman–Crippen MR) is 409 cm³/mol. The fraction of sp³-hybridized carbons (Fsp3) is 0.542. The number of aromatic amines is 3. The van der Waals surface area contributed by atoms with E-state index in [4.69, 9.17) is 90.4 Å². The van der Waals surface area contributed by atoms with Crippen molar-refractivity contribution in [3.63, 3.8) is 0 Å². The molecule has 3 aliphatic heterocycles. The fourth-order valence-corrected chi connectivity index (χ4v) is 19.2. The highest BCUT2D eigenvalue weighted by Crippen LogP contribution is 2.57. The number of hydrogen-bond acceptors (Lipinski definition) is 27. The summed E-state index contributed by atoms with van der Waals surface area (Å²) >= 11 is 19.0. The standard InChI is InChI=1S/3C24H30ClF2N2O9P/c3*1-13(2)35-21(32)14(3)11-39(34,38-16-8-6-5-7-9-16)37-15(4)18-19(30)24(25,12-26)22(36-18)29-10-17(27)20(31)28-23(29)33/h3*5-10,13-15,18-19,22,30H,11-12H2,1-4H3,(H,28,31,33)/t14-,15+,18-,19+,22-,24?,39?;14-,15+,18-,19+,22-,24?,39+;14-,15+,18-,19+,22-,24?,39-/m111/s1. The van der Waals surface area contributed by atoms with Crippen molar-refractivity contribution in [2.45, 2.75) is 190 Å². The van der Waals surface area contributed by atoms with Crippen LogP contribution < -0.4 is 47.3 Å². The fourth-order valence-electron chi connectivity index (χ4n) is 12.0. The van der Waals surface area contributed by atoms with Gasteiger partial charge in [0.1, 0.15) is 88.5 Å². The van der Waals surface area contributed by atoms with Gasteiger partial charge in [0, 0.05) is 0 Å². The van der Waals surface area contributed by atoms with E-state index in [0.29, 0.717) is 32.3 Å². The van der Waals surface area contributed by atoms with E-state index in [-0.39, 0.29) is 17.2 Å². The molecule has 0 spiro atoms. The van der Waals surface area contributed by atoms with Crippen LogP contribution in [0.4, 0.5) is 26.3 Å². The maximum atomic E-state index is 14.2. The second-order valence-electron chi connectivity index (χ2n) is 28.5. The number of para-hydroxylation sites is 3. The third-order valence-corrected chi connectivity index (χ3v) is 25.7. The minimum absolute atomic E-state index is 0.161. The molecule has 21 atom stereocenters. The Morgan fingerprint density at radius 2 is 0.632 bits per heavy atom. The number of halogens is 9. The number of aliphatic hydroxyl groups excluding tert-OH is 3. The van der Waals surface area contributed by atoms with Gasteiger partial charge in [0.2, 0.25) is 17.5 Å². The Kier molecular flexibility index (Phi) is 33.4. The number of esters is 3. The first kappa shape index (κ1) is 96.4. The molecule has 3 saturated heterocycles. The molecule has 45 heteroatoms. The number of H-pyrrole nitrogens is 3. The number of benzene rings is 3. The van der Waals surface area contributed by atoms with Gasteiger partial charge in [0.15, 0.2) is 18.7 Å². The number of ether oxygens (including phenoxy) is 6. The van der Waals surface area contributed by atoms with Crippen LogP contribution in [0.25, 0.3) is 0 Å². The molecule has 6 aromatic rings. The van der Waals surface area contributed by atoms with Crippen molar-refractivity contribution in [3.05, 3.63) is 190 Å². The van der Waals surface area contributed by atoms with Gasteiger partial charge in [-0.1, -0.05) is 75.4 Å². The molecule has 0 aliphatic carbocycles. The van der Waals surface area contributed by atoms with Crippen molar-refractivity contribution in [2.24, 2.45) is 17.8 Å². The summed E-state index contributed by atoms with van der Waals surface area (Å²) in [6.45, 7) is 14.0. The van der Waals surface area contributed by atoms with Crippen molar-refractivity contribution >= 4 is 75.5 Å². The first-order valence-electron chi connectivity index (χ1n) is 36.1. The third kappa shape index (κ3) is 23.9. The summed E-state index contributed by atoms with van der Waals surface area (Å²) < 4.78 is 194. The number of hydrogen-bond donors (Lipinski definition) is 6. The normalized spacial score (nSPS) is 26.1. The van der Waals surface area contributed by atoms with Crippen molar-refractivity contribution in [1.29, 1.82) is 0 Å². The van der Waals surface area contributed by atoms with Crippen LogP contribution in [-0.4, -0.2) is 188 Å². The van der Waals surface area contributed by atoms with Gasteiger partial charge in [-0.05, 0) is 98.7 Å². The smallest absolute Gasteiger partial charge is 0.380 e. The number of carbonyl (C=O) groups excluding carboxylic acids is 3. The minimum Gasteiger partial charge on any atom is -0.463 e. The summed E-state index contributed by atoms with van der Waals surface area (Å²) in [7, 11) is -12.6. The molecule has 3 aliphatic rings. The van der Waals surface area contributed by atoms with E-state index in [2.05, 4.69) is 0 Å². The molecule has 0 amide bonds. The van der Waals surface area contributed by atoms with E-state index in [0.717, 1.165) is 0 Å². The van der Waals surface area contributed by atoms with Gasteiger partial charge >= 0.3 is 57.8 Å². The van der Waals surface area contributed by atoms with Crippen molar-refractivity contribution in [3.8, 4) is 17.2 Å². The molecule has 0 radical (unpaired) electrons. The number of nitrogens with one attached hydrogen (secondary N) is 3. The molecule has 3 aromatic heterocycles. The van der Waals surface area contributed by atoms with E-state index in [1.54, 1.807) is 111 Å². The second kappa shape index (κ2) is 40.6. The summed E-state index contributed by atoms with van der Waals surface area (Å²) in [5, 5.41) is 32.8. The molecule has 0 bridgehead atoms. The van der Waals surface area contributed by atoms with E-state index in [1.807, 2.05) is 0 Å². The van der Waals surface area contributed by atoms with Crippen LogP contribution in [0.2, 0.25) is 0 Å². The Bertz CT molecular complexity index is 4450. The molecule has 33 nitrogen and oxygen atoms in total. The summed E-state index contributed by atoms with van der Waals surface area (Å²) in [5.41, 5.74) is -7.43. The van der Waals surface area contributed by atoms with Crippen molar-refractivity contribution < 1.29 is 125 Å². The largest absolute Gasteiger partial charge is 0.463 e. The molecule has 648 valence electrons. The number of aliphatic hydroxyl groups is 3. The van der Waals surface area contributed by atoms with Crippen LogP contribution >= 0.6 is 57.6 Å². The Morgan fingerprint density at radius 1 is 0.419 bits per heavy atom. The Morgan fingerprint density at radius 3 is 0.829 bits per heavy atom. The first-order valence-corrected chi connectivity index (χ1v) is 42.4. The van der Waals surface area contributed by atoms with Crippen LogP contribution in [-0.2, 0) is 70.1 Å². The van der Waals surface area contributed by atoms with E-state index < -0.39 is 255 Å². The van der Waals surface area contributed by atoms with Gasteiger partial charge in [-0.2, -0.15) is 13.2 Å². The third-order valence-electron chi connectivity index (χ3n) is 17.7. The minimum atomic E-state index is -4.20. The quantitative estimate of drug-likeness (QED) is 0.00734. The van der Waals surface area contributed by atoms with Gasteiger partial charge in [-0.3, -0.25) is 71.0 Å². The van der Waals surface area contributed by atoms with Crippen LogP contribution in [0.15, 0.2) is 138 Å². The average molecular weight is 1780 g/mol. The van der Waals surface area contributed by atoms with E-state index in [9.17, 15) is 98.5 Å². The van der Waals surface area contributed by atoms with Gasteiger partial charge < -0.3 is 57.3 Å². The Hall–Kier alpha value is -7.71. The van der Waals surface area contributed by atoms with Crippen molar-refractivity contribution in [1.82, 2.24) is 28.7 Å². The number of aromatic nitrogens is 6. The lowest BCUT2D eigenvalue weighted by Crippen LogP contribution is -2.48. The maximum absolute atomic E-state index is 14.2. The molecule has 6 N–H and O–H groups in total. The summed E-state index contributed by atoms with van der Waals surface area (Å²) in [6.07, 6.45) is -20.5. The molecule has 6 heterocycles. The lowest BCUT2D eigenvalue weighted by atomic mass is 9.97. The van der Waals surface area contributed by atoms with Crippen LogP contribution in [0.5, 0.6) is 17.2 Å². The lowest BCUT2D eigenvalue weighted by molar-refractivity contribution is -0.152. The lowest BCUT2D eigenvalue weighted by Gasteiger charge is -2.29. The van der Waals surface area contributed by atoms with Gasteiger partial charge in [0.05, 0.1) is 91.5 Å². The molecular formula is C72H90Cl3F6N6O27P3. The Labute approximate surface area is 678 Å². The van der Waals surface area contributed by atoms with E-state index >= 15 is 0 Å². The summed E-state index contributed by atoms with van der Waals surface area (Å²) in [5.74, 6) is -8.38. The molecule has 4 unspecified atom stereocenters. The molecule has 117 heavy (non-hydrogen) atoms. The predicted octanol–water partition coefficient (Wildman–Crippen LogP) is 9.44. The van der Waals surface area contributed by atoms with Crippen LogP contribution in [0.3, 0.4) is 0 Å². The first-order chi connectivity index (χ1) is 54.6. The number of nitrogens with zero attached hydrogens (tertiary/aromatic N) is 3. The van der Waals surface area contributed by atoms with Crippen LogP contribution in [0.1, 0.15) is 102 Å². The molecule has 3 aromatic carbocycles. The number of alkyl halides is 6. The van der Waals surface area contributed by atoms with Gasteiger partial charge in [-0.25, -0.2) is 41.3 Å². The molecule has 3 fully saturated rings. The van der Waals surface area contributed by atoms with Crippen LogP contribution in [0, 0.1) is 35.2 Å². The number of rotatable bonds is 33. The number of carbonyl (C=O) groups is 3. The summed E-state index contributed by atoms with van der Waals surface area (Å²) in [4.78, 5) is 107. The summed E-state index contributed by atoms with van der Waals surface area (Å²) in [6, 6.07) is 23.9. The van der Waals surface area contributed by atoms with E-state index in [1.165, 1.54) is 77.9 Å². The van der Waals surface area contributed by atoms with Gasteiger partial charge in [0.25, 0.3) is 16.7 Å². The maximum Gasteiger partial charge on any atom is 0.380 e.